The first-order chi connectivity index (χ1) is 11.8. The van der Waals surface area contributed by atoms with Crippen molar-refractivity contribution in [2.45, 2.75) is 62.2 Å². The number of hydrogen-bond donors (Lipinski definition) is 2. The number of thiophene rings is 1. The number of aliphatic hydroxyl groups excluding tert-OH is 1. The van der Waals surface area contributed by atoms with Gasteiger partial charge in [-0.15, -0.1) is 11.3 Å². The summed E-state index contributed by atoms with van der Waals surface area (Å²) in [6, 6.07) is 2.44. The maximum Gasteiger partial charge on any atom is 0.250 e. The van der Waals surface area contributed by atoms with Gasteiger partial charge in [-0.25, -0.2) is 13.1 Å². The number of sulfonamides is 1. The molecule has 1 saturated heterocycles. The van der Waals surface area contributed by atoms with E-state index in [1.165, 1.54) is 6.07 Å². The molecular weight excluding hydrogens is 386 g/mol. The van der Waals surface area contributed by atoms with Gasteiger partial charge in [0.2, 0.25) is 10.0 Å². The van der Waals surface area contributed by atoms with E-state index in [0.717, 1.165) is 24.2 Å². The van der Waals surface area contributed by atoms with E-state index in [0.29, 0.717) is 30.4 Å². The second kappa shape index (κ2) is 9.64. The number of aliphatic hydroxyl groups is 1. The minimum atomic E-state index is -3.72. The number of ether oxygens (including phenoxy) is 2. The van der Waals surface area contributed by atoms with Gasteiger partial charge in [-0.05, 0) is 30.9 Å². The molecule has 1 aromatic rings. The van der Waals surface area contributed by atoms with Crippen LogP contribution in [-0.2, 0) is 19.5 Å². The van der Waals surface area contributed by atoms with Gasteiger partial charge >= 0.3 is 0 Å². The molecule has 0 saturated carbocycles. The van der Waals surface area contributed by atoms with Crippen molar-refractivity contribution in [1.82, 2.24) is 4.72 Å². The van der Waals surface area contributed by atoms with Crippen LogP contribution in [0.15, 0.2) is 16.3 Å². The molecule has 2 heterocycles. The lowest BCUT2D eigenvalue weighted by molar-refractivity contribution is -0.184. The highest BCUT2D eigenvalue weighted by Crippen LogP contribution is 2.27. The van der Waals surface area contributed by atoms with Crippen molar-refractivity contribution in [3.8, 4) is 0 Å². The van der Waals surface area contributed by atoms with Crippen molar-refractivity contribution >= 4 is 33.0 Å². The number of hydrogen-bond acceptors (Lipinski definition) is 6. The van der Waals surface area contributed by atoms with Crippen LogP contribution in [0.2, 0.25) is 4.34 Å². The molecule has 25 heavy (non-hydrogen) atoms. The molecule has 0 bridgehead atoms. The maximum absolute atomic E-state index is 12.6. The lowest BCUT2D eigenvalue weighted by atomic mass is 9.93. The van der Waals surface area contributed by atoms with Crippen molar-refractivity contribution in [2.75, 3.05) is 13.2 Å². The fourth-order valence-electron chi connectivity index (χ4n) is 2.70. The van der Waals surface area contributed by atoms with E-state index >= 15 is 0 Å². The van der Waals surface area contributed by atoms with Gasteiger partial charge in [0.05, 0.1) is 29.7 Å². The molecule has 1 unspecified atom stereocenters. The summed E-state index contributed by atoms with van der Waals surface area (Å²) in [5.74, 6) is -0.0200. The van der Waals surface area contributed by atoms with Crippen molar-refractivity contribution in [3.63, 3.8) is 0 Å². The smallest absolute Gasteiger partial charge is 0.250 e. The van der Waals surface area contributed by atoms with Gasteiger partial charge in [0.25, 0.3) is 0 Å². The maximum atomic E-state index is 12.6. The van der Waals surface area contributed by atoms with E-state index < -0.39 is 22.2 Å². The van der Waals surface area contributed by atoms with Gasteiger partial charge in [0, 0.05) is 6.42 Å². The predicted molar refractivity (Wildman–Crippen MR) is 98.4 cm³/mol. The average molecular weight is 412 g/mol. The molecule has 6 nitrogen and oxygen atoms in total. The largest absolute Gasteiger partial charge is 0.391 e. The Bertz CT molecular complexity index is 630. The van der Waals surface area contributed by atoms with Crippen LogP contribution < -0.4 is 4.72 Å². The van der Waals surface area contributed by atoms with E-state index in [2.05, 4.69) is 4.72 Å². The Balaban J connectivity index is 2.01. The fraction of sp³-hybridized carbons (Fsp3) is 0.750. The molecule has 1 aliphatic rings. The minimum Gasteiger partial charge on any atom is -0.391 e. The summed E-state index contributed by atoms with van der Waals surface area (Å²) in [4.78, 5) is 0. The Morgan fingerprint density at radius 2 is 2.08 bits per heavy atom. The van der Waals surface area contributed by atoms with E-state index in [9.17, 15) is 13.5 Å². The summed E-state index contributed by atoms with van der Waals surface area (Å²) in [6.07, 6.45) is 1.39. The Labute approximate surface area is 158 Å². The van der Waals surface area contributed by atoms with Crippen LogP contribution in [0.4, 0.5) is 0 Å². The first-order valence-electron chi connectivity index (χ1n) is 8.52. The highest BCUT2D eigenvalue weighted by molar-refractivity contribution is 7.91. The van der Waals surface area contributed by atoms with Crippen molar-refractivity contribution < 1.29 is 23.0 Å². The van der Waals surface area contributed by atoms with Gasteiger partial charge in [-0.1, -0.05) is 31.9 Å². The van der Waals surface area contributed by atoms with Gasteiger partial charge in [-0.3, -0.25) is 0 Å². The molecule has 0 radical (unpaired) electrons. The number of halogens is 1. The third-order valence-electron chi connectivity index (χ3n) is 4.37. The summed E-state index contributed by atoms with van der Waals surface area (Å²) in [5.41, 5.74) is 0. The zero-order chi connectivity index (χ0) is 18.4. The molecule has 1 fully saturated rings. The summed E-state index contributed by atoms with van der Waals surface area (Å²) in [5, 5.41) is 10.6. The standard InChI is InChI=1S/C16H26ClNO5S2/c1-3-11(2)16(12(19)5-7-14-22-9-4-10-23-14)18-25(20,21)15-8-6-13(17)24-15/h6,8,11-12,14,16,18-19H,3-5,7,9-10H2,1-2H3/t11-,12?,16-/m0/s1. The molecule has 2 rings (SSSR count). The SMILES string of the molecule is CC[C@H](C)[C@H](NS(=O)(=O)c1ccc(Cl)s1)C(O)CCC1OCCCO1. The molecule has 0 amide bonds. The monoisotopic (exact) mass is 411 g/mol. The van der Waals surface area contributed by atoms with Crippen LogP contribution in [0.1, 0.15) is 39.5 Å². The van der Waals surface area contributed by atoms with Crippen LogP contribution in [-0.4, -0.2) is 45.2 Å². The summed E-state index contributed by atoms with van der Waals surface area (Å²) >= 11 is 6.84. The first-order valence-corrected chi connectivity index (χ1v) is 11.2. The highest BCUT2D eigenvalue weighted by Gasteiger charge is 2.31. The molecule has 2 N–H and O–H groups in total. The number of nitrogens with one attached hydrogen (secondary N) is 1. The third-order valence-corrected chi connectivity index (χ3v) is 7.55. The highest BCUT2D eigenvalue weighted by atomic mass is 35.5. The van der Waals surface area contributed by atoms with Gasteiger partial charge in [0.15, 0.2) is 6.29 Å². The molecule has 0 spiro atoms. The quantitative estimate of drug-likeness (QED) is 0.652. The van der Waals surface area contributed by atoms with Crippen LogP contribution in [0.25, 0.3) is 0 Å². The van der Waals surface area contributed by atoms with Crippen LogP contribution in [0.5, 0.6) is 0 Å². The van der Waals surface area contributed by atoms with Crippen LogP contribution >= 0.6 is 22.9 Å². The molecule has 3 atom stereocenters. The topological polar surface area (TPSA) is 84.9 Å². The van der Waals surface area contributed by atoms with E-state index in [1.807, 2.05) is 13.8 Å². The van der Waals surface area contributed by atoms with Crippen molar-refractivity contribution in [3.05, 3.63) is 16.5 Å². The first kappa shape index (κ1) is 21.1. The molecule has 144 valence electrons. The molecule has 1 aliphatic heterocycles. The molecular formula is C16H26ClNO5S2. The second-order valence-electron chi connectivity index (χ2n) is 6.26. The fourth-order valence-corrected chi connectivity index (χ4v) is 5.57. The van der Waals surface area contributed by atoms with Gasteiger partial charge < -0.3 is 14.6 Å². The summed E-state index contributed by atoms with van der Waals surface area (Å²) < 4.78 is 39.3. The molecule has 0 aliphatic carbocycles. The van der Waals surface area contributed by atoms with E-state index in [1.54, 1.807) is 6.07 Å². The van der Waals surface area contributed by atoms with E-state index in [-0.39, 0.29) is 16.4 Å². The van der Waals surface area contributed by atoms with E-state index in [4.69, 9.17) is 21.1 Å². The Hall–Kier alpha value is -0.220. The Morgan fingerprint density at radius 3 is 2.64 bits per heavy atom. The second-order valence-corrected chi connectivity index (χ2v) is 9.92. The van der Waals surface area contributed by atoms with Gasteiger partial charge in [-0.2, -0.15) is 0 Å². The van der Waals surface area contributed by atoms with Gasteiger partial charge in [0.1, 0.15) is 4.21 Å². The zero-order valence-corrected chi connectivity index (χ0v) is 16.9. The number of rotatable bonds is 9. The average Bonchev–Trinajstić information content (AvgIpc) is 3.05. The molecule has 0 aromatic carbocycles. The van der Waals surface area contributed by atoms with Crippen molar-refractivity contribution in [2.24, 2.45) is 5.92 Å². The minimum absolute atomic E-state index is 0.0200. The normalized spacial score (nSPS) is 20.3. The van der Waals surface area contributed by atoms with Crippen LogP contribution in [0.3, 0.4) is 0 Å². The zero-order valence-electron chi connectivity index (χ0n) is 14.5. The molecule has 9 heteroatoms. The third kappa shape index (κ3) is 6.16. The lowest BCUT2D eigenvalue weighted by Gasteiger charge is -2.30. The van der Waals surface area contributed by atoms with Crippen LogP contribution in [0, 0.1) is 5.92 Å². The van der Waals surface area contributed by atoms with Crippen molar-refractivity contribution in [1.29, 1.82) is 0 Å². The predicted octanol–water partition coefficient (Wildman–Crippen LogP) is 3.00. The Morgan fingerprint density at radius 1 is 1.40 bits per heavy atom. The Kier molecular flexibility index (Phi) is 8.13. The molecule has 1 aromatic heterocycles. The summed E-state index contributed by atoms with van der Waals surface area (Å²) in [7, 11) is -3.72. The summed E-state index contributed by atoms with van der Waals surface area (Å²) in [6.45, 7) is 5.20. The lowest BCUT2D eigenvalue weighted by Crippen LogP contribution is -2.47.